The number of fused-ring (bicyclic) bond motifs is 3. The first-order chi connectivity index (χ1) is 13.2. The lowest BCUT2D eigenvalue weighted by molar-refractivity contribution is 0.529. The van der Waals surface area contributed by atoms with Crippen LogP contribution in [0.1, 0.15) is 29.2 Å². The summed E-state index contributed by atoms with van der Waals surface area (Å²) in [6.45, 7) is 0. The van der Waals surface area contributed by atoms with Gasteiger partial charge in [-0.05, 0) is 42.7 Å². The fraction of sp³-hybridized carbons (Fsp3) is 0.333. The molecule has 0 saturated carbocycles. The Kier molecular flexibility index (Phi) is 4.37. The maximum absolute atomic E-state index is 12.9. The largest absolute Gasteiger partial charge is 0.419 e. The second-order valence-electron chi connectivity index (χ2n) is 6.42. The van der Waals surface area contributed by atoms with E-state index >= 15 is 0 Å². The molecule has 0 N–H and O–H groups in total. The van der Waals surface area contributed by atoms with Crippen LogP contribution in [0.4, 0.5) is 0 Å². The van der Waals surface area contributed by atoms with Crippen LogP contribution in [0.2, 0.25) is 0 Å². The summed E-state index contributed by atoms with van der Waals surface area (Å²) in [5, 5.41) is 11.7. The Morgan fingerprint density at radius 3 is 3.04 bits per heavy atom. The molecule has 0 fully saturated rings. The summed E-state index contributed by atoms with van der Waals surface area (Å²) >= 11 is 4.69. The van der Waals surface area contributed by atoms with Crippen molar-refractivity contribution in [3.63, 3.8) is 0 Å². The average molecular weight is 417 g/mol. The van der Waals surface area contributed by atoms with Gasteiger partial charge in [-0.25, -0.2) is 4.98 Å². The quantitative estimate of drug-likeness (QED) is 0.365. The summed E-state index contributed by atoms with van der Waals surface area (Å²) in [6.07, 6.45) is 4.41. The van der Waals surface area contributed by atoms with Crippen molar-refractivity contribution in [2.45, 2.75) is 36.6 Å². The van der Waals surface area contributed by atoms with E-state index in [2.05, 4.69) is 10.2 Å². The predicted molar refractivity (Wildman–Crippen MR) is 109 cm³/mol. The first-order valence-corrected chi connectivity index (χ1v) is 11.4. The van der Waals surface area contributed by atoms with Crippen molar-refractivity contribution in [2.75, 3.05) is 0 Å². The Labute approximate surface area is 167 Å². The second kappa shape index (κ2) is 6.88. The first-order valence-electron chi connectivity index (χ1n) is 8.71. The number of nitrogens with zero attached hydrogens (tertiary/aromatic N) is 4. The van der Waals surface area contributed by atoms with Crippen LogP contribution in [-0.2, 0) is 25.6 Å². The molecule has 0 amide bonds. The van der Waals surface area contributed by atoms with Crippen molar-refractivity contribution in [3.8, 4) is 10.8 Å². The van der Waals surface area contributed by atoms with Gasteiger partial charge in [0.05, 0.1) is 16.0 Å². The molecule has 1 aliphatic carbocycles. The lowest BCUT2D eigenvalue weighted by Crippen LogP contribution is -2.20. The van der Waals surface area contributed by atoms with E-state index < -0.39 is 0 Å². The zero-order chi connectivity index (χ0) is 18.4. The molecule has 4 aromatic rings. The van der Waals surface area contributed by atoms with E-state index in [0.717, 1.165) is 34.4 Å². The molecule has 0 radical (unpaired) electrons. The maximum Gasteiger partial charge on any atom is 0.262 e. The van der Waals surface area contributed by atoms with Gasteiger partial charge < -0.3 is 4.42 Å². The van der Waals surface area contributed by atoms with Crippen LogP contribution in [0.5, 0.6) is 0 Å². The highest BCUT2D eigenvalue weighted by molar-refractivity contribution is 7.98. The zero-order valence-corrected chi connectivity index (χ0v) is 17.0. The average Bonchev–Trinajstić information content (AvgIpc) is 3.42. The number of rotatable bonds is 4. The van der Waals surface area contributed by atoms with Gasteiger partial charge in [0.1, 0.15) is 4.83 Å². The molecule has 27 heavy (non-hydrogen) atoms. The van der Waals surface area contributed by atoms with Gasteiger partial charge in [0.25, 0.3) is 11.4 Å². The minimum absolute atomic E-state index is 0.0479. The number of hydrogen-bond acceptors (Lipinski definition) is 8. The summed E-state index contributed by atoms with van der Waals surface area (Å²) in [4.78, 5) is 20.8. The third-order valence-corrected chi connectivity index (χ3v) is 7.74. The molecule has 1 aliphatic rings. The third kappa shape index (κ3) is 3.03. The van der Waals surface area contributed by atoms with E-state index in [1.165, 1.54) is 28.6 Å². The van der Waals surface area contributed by atoms with E-state index in [1.54, 1.807) is 34.3 Å². The Bertz CT molecular complexity index is 1170. The third-order valence-electron chi connectivity index (χ3n) is 4.68. The monoisotopic (exact) mass is 416 g/mol. The topological polar surface area (TPSA) is 73.8 Å². The Balaban J connectivity index is 1.44. The molecule has 0 aromatic carbocycles. The normalized spacial score (nSPS) is 14.0. The molecule has 0 aliphatic heterocycles. The van der Waals surface area contributed by atoms with Crippen LogP contribution in [0.3, 0.4) is 0 Å². The fourth-order valence-corrected chi connectivity index (χ4v) is 6.09. The minimum atomic E-state index is 0.0479. The zero-order valence-electron chi connectivity index (χ0n) is 14.6. The van der Waals surface area contributed by atoms with Gasteiger partial charge in [-0.15, -0.1) is 32.9 Å². The molecule has 0 saturated heterocycles. The second-order valence-corrected chi connectivity index (χ2v) is 9.39. The summed E-state index contributed by atoms with van der Waals surface area (Å²) in [5.41, 5.74) is 1.27. The molecule has 6 nitrogen and oxygen atoms in total. The Morgan fingerprint density at radius 1 is 1.30 bits per heavy atom. The van der Waals surface area contributed by atoms with Gasteiger partial charge in [-0.3, -0.25) is 9.36 Å². The van der Waals surface area contributed by atoms with Crippen molar-refractivity contribution in [1.29, 1.82) is 0 Å². The lowest BCUT2D eigenvalue weighted by Gasteiger charge is -2.10. The molecule has 0 atom stereocenters. The van der Waals surface area contributed by atoms with E-state index in [4.69, 9.17) is 9.40 Å². The molecule has 4 heterocycles. The molecular formula is C18H16N4O2S3. The van der Waals surface area contributed by atoms with Gasteiger partial charge in [-0.1, -0.05) is 17.8 Å². The SMILES string of the molecule is Cn1c(SCc2nnc(-c3cccs3)o2)nc2sc3c(c2c1=O)CCCC3. The summed E-state index contributed by atoms with van der Waals surface area (Å²) < 4.78 is 7.37. The van der Waals surface area contributed by atoms with Crippen molar-refractivity contribution in [2.24, 2.45) is 7.05 Å². The molecule has 0 unspecified atom stereocenters. The molecule has 5 rings (SSSR count). The van der Waals surface area contributed by atoms with Gasteiger partial charge >= 0.3 is 0 Å². The number of aryl methyl sites for hydroxylation is 2. The highest BCUT2D eigenvalue weighted by Gasteiger charge is 2.21. The van der Waals surface area contributed by atoms with E-state index in [0.29, 0.717) is 22.7 Å². The summed E-state index contributed by atoms with van der Waals surface area (Å²) in [6, 6.07) is 3.90. The first kappa shape index (κ1) is 17.2. The van der Waals surface area contributed by atoms with E-state index in [9.17, 15) is 4.79 Å². The fourth-order valence-electron chi connectivity index (χ4n) is 3.33. The predicted octanol–water partition coefficient (Wildman–Crippen LogP) is 4.28. The number of hydrogen-bond donors (Lipinski definition) is 0. The van der Waals surface area contributed by atoms with E-state index in [1.807, 2.05) is 17.5 Å². The number of thiophene rings is 2. The standard InChI is InChI=1S/C18H16N4O2S3/c1-22-17(23)14-10-5-2-3-6-11(10)27-16(14)19-18(22)26-9-13-20-21-15(24-13)12-7-4-8-25-12/h4,7-8H,2-3,5-6,9H2,1H3. The van der Waals surface area contributed by atoms with Crippen LogP contribution >= 0.6 is 34.4 Å². The molecule has 138 valence electrons. The van der Waals surface area contributed by atoms with Crippen molar-refractivity contribution in [3.05, 3.63) is 44.2 Å². The molecule has 0 bridgehead atoms. The highest BCUT2D eigenvalue weighted by atomic mass is 32.2. The van der Waals surface area contributed by atoms with Crippen LogP contribution < -0.4 is 5.56 Å². The molecule has 4 aromatic heterocycles. The molecule has 0 spiro atoms. The lowest BCUT2D eigenvalue weighted by atomic mass is 9.97. The number of aromatic nitrogens is 4. The van der Waals surface area contributed by atoms with Crippen molar-refractivity contribution in [1.82, 2.24) is 19.7 Å². The molecule has 9 heteroatoms. The van der Waals surface area contributed by atoms with E-state index in [-0.39, 0.29) is 5.56 Å². The Hall–Kier alpha value is -1.97. The van der Waals surface area contributed by atoms with Gasteiger partial charge in [-0.2, -0.15) is 0 Å². The van der Waals surface area contributed by atoms with Crippen molar-refractivity contribution >= 4 is 44.7 Å². The van der Waals surface area contributed by atoms with Crippen LogP contribution in [0.15, 0.2) is 31.9 Å². The number of thioether (sulfide) groups is 1. The Morgan fingerprint density at radius 2 is 2.19 bits per heavy atom. The van der Waals surface area contributed by atoms with Crippen LogP contribution in [-0.4, -0.2) is 19.7 Å². The maximum atomic E-state index is 12.9. The summed E-state index contributed by atoms with van der Waals surface area (Å²) in [5.74, 6) is 1.54. The van der Waals surface area contributed by atoms with Crippen molar-refractivity contribution < 1.29 is 4.42 Å². The van der Waals surface area contributed by atoms with Gasteiger partial charge in [0, 0.05) is 11.9 Å². The van der Waals surface area contributed by atoms with Crippen LogP contribution in [0.25, 0.3) is 21.0 Å². The van der Waals surface area contributed by atoms with Crippen LogP contribution in [0, 0.1) is 0 Å². The minimum Gasteiger partial charge on any atom is -0.419 e. The molecular weight excluding hydrogens is 400 g/mol. The highest BCUT2D eigenvalue weighted by Crippen LogP contribution is 2.35. The van der Waals surface area contributed by atoms with Gasteiger partial charge in [0.2, 0.25) is 5.89 Å². The smallest absolute Gasteiger partial charge is 0.262 e. The van der Waals surface area contributed by atoms with Gasteiger partial charge in [0.15, 0.2) is 5.16 Å². The summed E-state index contributed by atoms with van der Waals surface area (Å²) in [7, 11) is 1.79.